The van der Waals surface area contributed by atoms with Gasteiger partial charge in [-0.25, -0.2) is 19.2 Å². The van der Waals surface area contributed by atoms with E-state index in [0.29, 0.717) is 42.9 Å². The van der Waals surface area contributed by atoms with Crippen molar-refractivity contribution < 1.29 is 28.5 Å². The van der Waals surface area contributed by atoms with Crippen LogP contribution in [0.4, 0.5) is 9.18 Å². The first-order valence-electron chi connectivity index (χ1n) is 11.4. The van der Waals surface area contributed by atoms with Crippen LogP contribution in [0.3, 0.4) is 0 Å². The lowest BCUT2D eigenvalue weighted by atomic mass is 10.1. The summed E-state index contributed by atoms with van der Waals surface area (Å²) in [5.74, 6) is 0.240. The monoisotopic (exact) mass is 459 g/mol. The summed E-state index contributed by atoms with van der Waals surface area (Å²) in [6.45, 7) is 6.47. The third-order valence-electron chi connectivity index (χ3n) is 5.88. The van der Waals surface area contributed by atoms with Crippen LogP contribution in [-0.4, -0.2) is 51.4 Å². The Kier molecular flexibility index (Phi) is 6.97. The molecule has 1 N–H and O–H groups in total. The number of rotatable bonds is 7. The van der Waals surface area contributed by atoms with Crippen molar-refractivity contribution in [2.75, 3.05) is 13.1 Å². The van der Waals surface area contributed by atoms with E-state index in [1.54, 1.807) is 17.9 Å². The minimum Gasteiger partial charge on any atom is -0.474 e. The minimum absolute atomic E-state index is 0.0199. The van der Waals surface area contributed by atoms with E-state index in [1.165, 1.54) is 18.5 Å². The number of hydrogen-bond donors (Lipinski definition) is 1. The first-order valence-corrected chi connectivity index (χ1v) is 11.4. The van der Waals surface area contributed by atoms with E-state index in [2.05, 4.69) is 9.97 Å². The van der Waals surface area contributed by atoms with Crippen LogP contribution in [-0.2, 0) is 4.74 Å². The van der Waals surface area contributed by atoms with Gasteiger partial charge in [-0.3, -0.25) is 0 Å². The van der Waals surface area contributed by atoms with E-state index < -0.39 is 11.9 Å². The topological polar surface area (TPSA) is 94.0 Å². The smallest absolute Gasteiger partial charge is 0.410 e. The summed E-state index contributed by atoms with van der Waals surface area (Å²) in [6, 6.07) is 4.49. The first kappa shape index (κ1) is 23.2. The van der Waals surface area contributed by atoms with E-state index in [0.717, 1.165) is 12.8 Å². The Hall–Kier alpha value is -2.94. The molecular weight excluding hydrogens is 429 g/mol. The molecule has 1 aromatic heterocycles. The summed E-state index contributed by atoms with van der Waals surface area (Å²) in [5.41, 5.74) is 1.11. The molecule has 1 saturated heterocycles. The molecular formula is C24H30FN3O5. The minimum atomic E-state index is -0.645. The molecule has 178 valence electrons. The van der Waals surface area contributed by atoms with Gasteiger partial charge in [0.1, 0.15) is 12.4 Å². The van der Waals surface area contributed by atoms with Crippen LogP contribution in [0.5, 0.6) is 17.5 Å². The molecule has 1 unspecified atom stereocenters. The molecule has 1 aliphatic carbocycles. The summed E-state index contributed by atoms with van der Waals surface area (Å²) in [7, 11) is 0. The molecule has 1 atom stereocenters. The van der Waals surface area contributed by atoms with Crippen molar-refractivity contribution in [1.82, 2.24) is 14.9 Å². The molecule has 1 aliphatic heterocycles. The quantitative estimate of drug-likeness (QED) is 0.649. The van der Waals surface area contributed by atoms with Crippen LogP contribution < -0.4 is 9.47 Å². The summed E-state index contributed by atoms with van der Waals surface area (Å²) in [5, 5.41) is 10.2. The van der Waals surface area contributed by atoms with Gasteiger partial charge in [-0.05, 0) is 57.2 Å². The summed E-state index contributed by atoms with van der Waals surface area (Å²) >= 11 is 0. The first-order chi connectivity index (χ1) is 15.8. The zero-order valence-electron chi connectivity index (χ0n) is 19.2. The maximum Gasteiger partial charge on any atom is 0.410 e. The second kappa shape index (κ2) is 9.91. The van der Waals surface area contributed by atoms with Crippen molar-refractivity contribution in [1.29, 1.82) is 0 Å². The van der Waals surface area contributed by atoms with E-state index in [9.17, 15) is 14.3 Å². The Morgan fingerprint density at radius 1 is 1.15 bits per heavy atom. The Labute approximate surface area is 192 Å². The fourth-order valence-electron chi connectivity index (χ4n) is 3.80. The molecule has 1 amide bonds. The number of hydrogen-bond acceptors (Lipinski definition) is 7. The van der Waals surface area contributed by atoms with Gasteiger partial charge in [0.15, 0.2) is 11.6 Å². The summed E-state index contributed by atoms with van der Waals surface area (Å²) in [4.78, 5) is 22.1. The number of carbonyl (C=O) groups excluding carboxylic acids is 1. The van der Waals surface area contributed by atoms with Crippen LogP contribution in [0.1, 0.15) is 56.8 Å². The van der Waals surface area contributed by atoms with Crippen molar-refractivity contribution in [2.24, 2.45) is 5.92 Å². The normalized spacial score (nSPS) is 17.7. The highest BCUT2D eigenvalue weighted by Gasteiger charge is 2.31. The SMILES string of the molecule is Cc1c(Oc2ccc(C(O)C3CC3)cc2F)ncnc1OC1CCN(C(=O)OC(C)C)CC1. The molecule has 2 heterocycles. The third-order valence-corrected chi connectivity index (χ3v) is 5.88. The Morgan fingerprint density at radius 2 is 1.85 bits per heavy atom. The predicted octanol–water partition coefficient (Wildman–Crippen LogP) is 4.55. The summed E-state index contributed by atoms with van der Waals surface area (Å²) in [6.07, 6.45) is 3.31. The summed E-state index contributed by atoms with van der Waals surface area (Å²) < 4.78 is 31.6. The molecule has 1 saturated carbocycles. The van der Waals surface area contributed by atoms with Gasteiger partial charge in [-0.15, -0.1) is 0 Å². The molecule has 8 nitrogen and oxygen atoms in total. The lowest BCUT2D eigenvalue weighted by molar-refractivity contribution is 0.0505. The zero-order valence-corrected chi connectivity index (χ0v) is 19.2. The number of benzene rings is 1. The highest BCUT2D eigenvalue weighted by molar-refractivity contribution is 5.67. The van der Waals surface area contributed by atoms with Crippen molar-refractivity contribution >= 4 is 6.09 Å². The fraction of sp³-hybridized carbons (Fsp3) is 0.542. The number of nitrogens with zero attached hydrogens (tertiary/aromatic N) is 3. The van der Waals surface area contributed by atoms with E-state index in [4.69, 9.17) is 14.2 Å². The number of ether oxygens (including phenoxy) is 3. The Bertz CT molecular complexity index is 990. The molecule has 0 spiro atoms. The van der Waals surface area contributed by atoms with E-state index >= 15 is 0 Å². The van der Waals surface area contributed by atoms with Gasteiger partial charge in [0.2, 0.25) is 11.8 Å². The van der Waals surface area contributed by atoms with Gasteiger partial charge in [0.25, 0.3) is 0 Å². The molecule has 0 radical (unpaired) electrons. The average Bonchev–Trinajstić information content (AvgIpc) is 3.63. The second-order valence-electron chi connectivity index (χ2n) is 8.92. The number of amides is 1. The van der Waals surface area contributed by atoms with Crippen LogP contribution in [0.2, 0.25) is 0 Å². The zero-order chi connectivity index (χ0) is 23.5. The lowest BCUT2D eigenvalue weighted by Gasteiger charge is -2.31. The Balaban J connectivity index is 1.38. The maximum absolute atomic E-state index is 14.6. The number of piperidine rings is 1. The maximum atomic E-state index is 14.6. The fourth-order valence-corrected chi connectivity index (χ4v) is 3.80. The van der Waals surface area contributed by atoms with Crippen LogP contribution >= 0.6 is 0 Å². The van der Waals surface area contributed by atoms with Crippen LogP contribution in [0.15, 0.2) is 24.5 Å². The van der Waals surface area contributed by atoms with Crippen molar-refractivity contribution in [3.8, 4) is 17.5 Å². The number of aromatic nitrogens is 2. The van der Waals surface area contributed by atoms with Gasteiger partial charge in [-0.2, -0.15) is 0 Å². The Morgan fingerprint density at radius 3 is 2.48 bits per heavy atom. The molecule has 0 bridgehead atoms. The van der Waals surface area contributed by atoms with Crippen molar-refractivity contribution in [3.63, 3.8) is 0 Å². The van der Waals surface area contributed by atoms with Crippen LogP contribution in [0, 0.1) is 18.7 Å². The average molecular weight is 460 g/mol. The van der Waals surface area contributed by atoms with Gasteiger partial charge in [0.05, 0.1) is 17.8 Å². The molecule has 2 aromatic rings. The lowest BCUT2D eigenvalue weighted by Crippen LogP contribution is -2.42. The predicted molar refractivity (Wildman–Crippen MR) is 118 cm³/mol. The number of carbonyl (C=O) groups is 1. The van der Waals surface area contributed by atoms with Crippen molar-refractivity contribution in [2.45, 2.75) is 64.8 Å². The molecule has 4 rings (SSSR count). The third kappa shape index (κ3) is 5.71. The van der Waals surface area contributed by atoms with E-state index in [-0.39, 0.29) is 35.8 Å². The van der Waals surface area contributed by atoms with Crippen LogP contribution in [0.25, 0.3) is 0 Å². The molecule has 2 fully saturated rings. The van der Waals surface area contributed by atoms with Gasteiger partial charge in [-0.1, -0.05) is 6.07 Å². The van der Waals surface area contributed by atoms with E-state index in [1.807, 2.05) is 13.8 Å². The van der Waals surface area contributed by atoms with Crippen molar-refractivity contribution in [3.05, 3.63) is 41.5 Å². The molecule has 9 heteroatoms. The van der Waals surface area contributed by atoms with Gasteiger partial charge < -0.3 is 24.2 Å². The second-order valence-corrected chi connectivity index (χ2v) is 8.92. The highest BCUT2D eigenvalue weighted by Crippen LogP contribution is 2.41. The number of aliphatic hydroxyl groups excluding tert-OH is 1. The number of likely N-dealkylation sites (tertiary alicyclic amines) is 1. The van der Waals surface area contributed by atoms with Gasteiger partial charge in [0, 0.05) is 25.9 Å². The molecule has 2 aliphatic rings. The number of halogens is 1. The molecule has 33 heavy (non-hydrogen) atoms. The van der Waals surface area contributed by atoms with Gasteiger partial charge >= 0.3 is 6.09 Å². The number of aliphatic hydroxyl groups is 1. The standard InChI is InChI=1S/C24H30FN3O5/c1-14(2)31-24(30)28-10-8-18(9-11-28)32-22-15(3)23(27-13-26-22)33-20-7-6-17(12-19(20)25)21(29)16-4-5-16/h6-7,12-14,16,18,21,29H,4-5,8-11H2,1-3H3. The molecule has 1 aromatic carbocycles. The largest absolute Gasteiger partial charge is 0.474 e. The highest BCUT2D eigenvalue weighted by atomic mass is 19.1.